The Morgan fingerprint density at radius 2 is 2.07 bits per heavy atom. The Morgan fingerprint density at radius 1 is 1.14 bits per heavy atom. The first kappa shape index (κ1) is 18.0. The van der Waals surface area contributed by atoms with Crippen molar-refractivity contribution in [1.29, 1.82) is 5.26 Å². The molecular formula is C21H21N7. The average molecular weight is 371 g/mol. The van der Waals surface area contributed by atoms with Crippen LogP contribution in [0.5, 0.6) is 0 Å². The van der Waals surface area contributed by atoms with Crippen LogP contribution in [0.3, 0.4) is 0 Å². The van der Waals surface area contributed by atoms with Crippen LogP contribution >= 0.6 is 0 Å². The van der Waals surface area contributed by atoms with E-state index in [9.17, 15) is 0 Å². The first-order valence-electron chi connectivity index (χ1n) is 9.33. The third-order valence-electron chi connectivity index (χ3n) is 4.87. The third-order valence-corrected chi connectivity index (χ3v) is 4.87. The molecule has 28 heavy (non-hydrogen) atoms. The van der Waals surface area contributed by atoms with E-state index in [0.717, 1.165) is 43.0 Å². The van der Waals surface area contributed by atoms with Gasteiger partial charge in [-0.3, -0.25) is 9.88 Å². The number of nitrogens with one attached hydrogen (secondary N) is 1. The van der Waals surface area contributed by atoms with Gasteiger partial charge in [-0.15, -0.1) is 0 Å². The lowest BCUT2D eigenvalue weighted by molar-refractivity contribution is 0.244. The molecule has 1 fully saturated rings. The van der Waals surface area contributed by atoms with Gasteiger partial charge < -0.3 is 5.32 Å². The lowest BCUT2D eigenvalue weighted by Gasteiger charge is -2.24. The molecule has 3 aromatic heterocycles. The van der Waals surface area contributed by atoms with E-state index in [1.807, 2.05) is 25.3 Å². The largest absolute Gasteiger partial charge is 0.323 e. The van der Waals surface area contributed by atoms with Crippen LogP contribution in [0, 0.1) is 18.3 Å². The normalized spacial score (nSPS) is 16.6. The summed E-state index contributed by atoms with van der Waals surface area (Å²) in [7, 11) is 0. The summed E-state index contributed by atoms with van der Waals surface area (Å²) in [6, 6.07) is 11.9. The van der Waals surface area contributed by atoms with Crippen molar-refractivity contribution < 1.29 is 0 Å². The minimum atomic E-state index is 0.268. The zero-order valence-corrected chi connectivity index (χ0v) is 15.7. The molecule has 0 radical (unpaired) electrons. The first-order valence-corrected chi connectivity index (χ1v) is 9.33. The van der Waals surface area contributed by atoms with E-state index in [1.165, 1.54) is 5.56 Å². The Bertz CT molecular complexity index is 977. The van der Waals surface area contributed by atoms with Gasteiger partial charge in [0.1, 0.15) is 11.8 Å². The topological polar surface area (TPSA) is 90.6 Å². The number of aryl methyl sites for hydroxylation is 1. The lowest BCUT2D eigenvalue weighted by atomic mass is 10.1. The third kappa shape index (κ3) is 4.13. The Morgan fingerprint density at radius 3 is 2.82 bits per heavy atom. The van der Waals surface area contributed by atoms with Crippen LogP contribution in [0.25, 0.3) is 0 Å². The van der Waals surface area contributed by atoms with Crippen LogP contribution < -0.4 is 5.32 Å². The number of anilines is 2. The number of nitriles is 1. The van der Waals surface area contributed by atoms with Crippen molar-refractivity contribution >= 4 is 11.6 Å². The maximum atomic E-state index is 8.85. The summed E-state index contributed by atoms with van der Waals surface area (Å²) < 4.78 is 0. The molecule has 1 saturated heterocycles. The van der Waals surface area contributed by atoms with Gasteiger partial charge in [0.25, 0.3) is 0 Å². The summed E-state index contributed by atoms with van der Waals surface area (Å²) in [4.78, 5) is 20.0. The van der Waals surface area contributed by atoms with Crippen molar-refractivity contribution in [2.24, 2.45) is 0 Å². The Balaban J connectivity index is 1.49. The molecule has 0 aromatic carbocycles. The maximum absolute atomic E-state index is 8.85. The van der Waals surface area contributed by atoms with E-state index in [4.69, 9.17) is 10.2 Å². The van der Waals surface area contributed by atoms with Crippen molar-refractivity contribution in [3.8, 4) is 6.07 Å². The van der Waals surface area contributed by atoms with Crippen molar-refractivity contribution in [2.75, 3.05) is 11.9 Å². The molecule has 1 aliphatic heterocycles. The summed E-state index contributed by atoms with van der Waals surface area (Å²) in [5.41, 5.74) is 4.40. The van der Waals surface area contributed by atoms with Crippen LogP contribution in [-0.4, -0.2) is 31.4 Å². The predicted octanol–water partition coefficient (Wildman–Crippen LogP) is 3.53. The molecule has 4 rings (SSSR count). The van der Waals surface area contributed by atoms with Gasteiger partial charge in [-0.25, -0.2) is 15.0 Å². The van der Waals surface area contributed by atoms with E-state index in [0.29, 0.717) is 11.6 Å². The fourth-order valence-electron chi connectivity index (χ4n) is 3.46. The van der Waals surface area contributed by atoms with E-state index < -0.39 is 0 Å². The summed E-state index contributed by atoms with van der Waals surface area (Å²) in [5, 5.41) is 12.0. The number of pyridine rings is 2. The van der Waals surface area contributed by atoms with Gasteiger partial charge in [-0.1, -0.05) is 6.07 Å². The van der Waals surface area contributed by atoms with Crippen LogP contribution in [0.2, 0.25) is 0 Å². The molecule has 4 heterocycles. The molecule has 7 heteroatoms. The Labute approximate surface area is 164 Å². The van der Waals surface area contributed by atoms with E-state index in [1.54, 1.807) is 24.5 Å². The highest BCUT2D eigenvalue weighted by Gasteiger charge is 2.27. The molecule has 140 valence electrons. The molecule has 3 aromatic rings. The second kappa shape index (κ2) is 8.11. The lowest BCUT2D eigenvalue weighted by Crippen LogP contribution is -2.23. The van der Waals surface area contributed by atoms with Crippen LogP contribution in [0.15, 0.2) is 48.9 Å². The van der Waals surface area contributed by atoms with Gasteiger partial charge >= 0.3 is 0 Å². The zero-order chi connectivity index (χ0) is 19.3. The van der Waals surface area contributed by atoms with Crippen molar-refractivity contribution in [3.63, 3.8) is 0 Å². The minimum Gasteiger partial charge on any atom is -0.323 e. The quantitative estimate of drug-likeness (QED) is 0.733. The van der Waals surface area contributed by atoms with Crippen LogP contribution in [0.1, 0.15) is 41.5 Å². The minimum absolute atomic E-state index is 0.268. The van der Waals surface area contributed by atoms with Crippen LogP contribution in [0.4, 0.5) is 11.6 Å². The summed E-state index contributed by atoms with van der Waals surface area (Å²) in [6.07, 6.45) is 7.58. The smallest absolute Gasteiger partial charge is 0.227 e. The number of nitrogens with zero attached hydrogens (tertiary/aromatic N) is 6. The summed E-state index contributed by atoms with van der Waals surface area (Å²) >= 11 is 0. The highest BCUT2D eigenvalue weighted by atomic mass is 15.2. The summed E-state index contributed by atoms with van der Waals surface area (Å²) in [6.45, 7) is 3.91. The zero-order valence-electron chi connectivity index (χ0n) is 15.7. The fraction of sp³-hybridized carbons (Fsp3) is 0.286. The molecule has 1 unspecified atom stereocenters. The molecule has 0 saturated carbocycles. The van der Waals surface area contributed by atoms with Gasteiger partial charge in [0.15, 0.2) is 0 Å². The fourth-order valence-corrected chi connectivity index (χ4v) is 3.46. The Hall–Kier alpha value is -3.37. The van der Waals surface area contributed by atoms with E-state index >= 15 is 0 Å². The van der Waals surface area contributed by atoms with E-state index in [2.05, 4.69) is 37.3 Å². The van der Waals surface area contributed by atoms with Crippen LogP contribution in [-0.2, 0) is 6.54 Å². The molecule has 0 bridgehead atoms. The SMILES string of the molecule is Cc1ccc(CN2CCCC2c2ccnc(Nc3ccc(C#N)nc3)n2)cn1. The van der Waals surface area contributed by atoms with E-state index in [-0.39, 0.29) is 6.04 Å². The molecule has 1 N–H and O–H groups in total. The monoisotopic (exact) mass is 371 g/mol. The van der Waals surface area contributed by atoms with Gasteiger partial charge in [0, 0.05) is 24.6 Å². The van der Waals surface area contributed by atoms with Crippen molar-refractivity contribution in [2.45, 2.75) is 32.4 Å². The number of rotatable bonds is 5. The van der Waals surface area contributed by atoms with Crippen molar-refractivity contribution in [3.05, 3.63) is 71.6 Å². The first-order chi connectivity index (χ1) is 13.7. The van der Waals surface area contributed by atoms with Gasteiger partial charge in [-0.2, -0.15) is 5.26 Å². The highest BCUT2D eigenvalue weighted by Crippen LogP contribution is 2.32. The molecule has 1 atom stereocenters. The maximum Gasteiger partial charge on any atom is 0.227 e. The second-order valence-corrected chi connectivity index (χ2v) is 6.91. The number of hydrogen-bond acceptors (Lipinski definition) is 7. The molecular weight excluding hydrogens is 350 g/mol. The highest BCUT2D eigenvalue weighted by molar-refractivity contribution is 5.52. The molecule has 0 spiro atoms. The number of hydrogen-bond donors (Lipinski definition) is 1. The molecule has 0 aliphatic carbocycles. The van der Waals surface area contributed by atoms with Crippen molar-refractivity contribution in [1.82, 2.24) is 24.8 Å². The average Bonchev–Trinajstić information content (AvgIpc) is 3.19. The predicted molar refractivity (Wildman–Crippen MR) is 106 cm³/mol. The molecule has 7 nitrogen and oxygen atoms in total. The Kier molecular flexibility index (Phi) is 5.22. The van der Waals surface area contributed by atoms with Gasteiger partial charge in [0.2, 0.25) is 5.95 Å². The molecule has 1 aliphatic rings. The summed E-state index contributed by atoms with van der Waals surface area (Å²) in [5.74, 6) is 0.535. The number of likely N-dealkylation sites (tertiary alicyclic amines) is 1. The van der Waals surface area contributed by atoms with Gasteiger partial charge in [-0.05, 0) is 56.1 Å². The standard InChI is InChI=1S/C21H21N7/c1-15-4-5-16(12-24-15)14-28-10-2-3-20(28)19-8-9-23-21(27-19)26-18-7-6-17(11-22)25-13-18/h4-9,12-13,20H,2-3,10,14H2,1H3,(H,23,26,27). The second-order valence-electron chi connectivity index (χ2n) is 6.91. The van der Waals surface area contributed by atoms with Gasteiger partial charge in [0.05, 0.1) is 23.6 Å². The molecule has 0 amide bonds. The number of aromatic nitrogens is 4.